The molecule has 2 aromatic rings. The van der Waals surface area contributed by atoms with E-state index < -0.39 is 6.04 Å². The number of nitrogens with one attached hydrogen (secondary N) is 2. The van der Waals surface area contributed by atoms with Gasteiger partial charge in [0, 0.05) is 24.9 Å². The van der Waals surface area contributed by atoms with Crippen LogP contribution in [0.1, 0.15) is 12.5 Å². The quantitative estimate of drug-likeness (QED) is 0.510. The first kappa shape index (κ1) is 20.4. The Bertz CT molecular complexity index is 768. The van der Waals surface area contributed by atoms with Crippen LogP contribution in [0.15, 0.2) is 59.9 Å². The van der Waals surface area contributed by atoms with Gasteiger partial charge < -0.3 is 10.6 Å². The number of hydrogen-bond acceptors (Lipinski definition) is 4. The van der Waals surface area contributed by atoms with Gasteiger partial charge in [0.05, 0.1) is 17.5 Å². The Morgan fingerprint density at radius 2 is 1.78 bits per heavy atom. The van der Waals surface area contributed by atoms with Gasteiger partial charge in [-0.2, -0.15) is 0 Å². The van der Waals surface area contributed by atoms with Crippen molar-refractivity contribution in [3.05, 3.63) is 70.1 Å². The van der Waals surface area contributed by atoms with Crippen LogP contribution in [0.25, 0.3) is 0 Å². The zero-order valence-corrected chi connectivity index (χ0v) is 15.6. The number of halogens is 1. The van der Waals surface area contributed by atoms with Crippen molar-refractivity contribution in [3.8, 4) is 0 Å². The van der Waals surface area contributed by atoms with Gasteiger partial charge in [-0.05, 0) is 29.8 Å². The third-order valence-corrected chi connectivity index (χ3v) is 4.07. The number of carbonyl (C=O) groups excluding carboxylic acids is 2. The van der Waals surface area contributed by atoms with Gasteiger partial charge in [-0.25, -0.2) is 5.01 Å². The fraction of sp³-hybridized carbons (Fsp3) is 0.263. The van der Waals surface area contributed by atoms with Gasteiger partial charge in [0.2, 0.25) is 11.8 Å². The van der Waals surface area contributed by atoms with E-state index in [4.69, 9.17) is 11.6 Å². The molecule has 0 aliphatic carbocycles. The molecular formula is C19H21ClN4O3. The fourth-order valence-corrected chi connectivity index (χ4v) is 2.67. The lowest BCUT2D eigenvalue weighted by atomic mass is 10.1. The van der Waals surface area contributed by atoms with Crippen LogP contribution in [-0.4, -0.2) is 30.9 Å². The van der Waals surface area contributed by atoms with E-state index in [9.17, 15) is 14.5 Å². The second-order valence-electron chi connectivity index (χ2n) is 5.92. The molecule has 0 spiro atoms. The summed E-state index contributed by atoms with van der Waals surface area (Å²) in [5.74, 6) is -0.612. The van der Waals surface area contributed by atoms with E-state index in [0.29, 0.717) is 17.1 Å². The van der Waals surface area contributed by atoms with E-state index >= 15 is 0 Å². The summed E-state index contributed by atoms with van der Waals surface area (Å²) < 4.78 is 0. The van der Waals surface area contributed by atoms with Gasteiger partial charge in [0.25, 0.3) is 0 Å². The van der Waals surface area contributed by atoms with Crippen LogP contribution in [0.5, 0.6) is 0 Å². The van der Waals surface area contributed by atoms with Gasteiger partial charge in [-0.15, -0.1) is 4.91 Å². The minimum Gasteiger partial charge on any atom is -0.352 e. The number of nitrogens with zero attached hydrogens (tertiary/aromatic N) is 2. The third kappa shape index (κ3) is 6.71. The Kier molecular flexibility index (Phi) is 7.76. The summed E-state index contributed by atoms with van der Waals surface area (Å²) in [6, 6.07) is 15.4. The SMILES string of the molecule is CC(=O)N[C@@H](Cc1ccccc1)C(=O)NCCN(N=O)c1ccc(Cl)cc1. The summed E-state index contributed by atoms with van der Waals surface area (Å²) in [5.41, 5.74) is 1.51. The molecule has 1 atom stereocenters. The molecule has 2 amide bonds. The van der Waals surface area contributed by atoms with E-state index in [0.717, 1.165) is 5.56 Å². The zero-order chi connectivity index (χ0) is 19.6. The lowest BCUT2D eigenvalue weighted by Gasteiger charge is -2.19. The van der Waals surface area contributed by atoms with Crippen LogP contribution in [0, 0.1) is 4.91 Å². The van der Waals surface area contributed by atoms with Crippen LogP contribution < -0.4 is 15.6 Å². The van der Waals surface area contributed by atoms with Crippen LogP contribution in [-0.2, 0) is 16.0 Å². The van der Waals surface area contributed by atoms with Crippen LogP contribution >= 0.6 is 11.6 Å². The van der Waals surface area contributed by atoms with Crippen LogP contribution in [0.2, 0.25) is 5.02 Å². The zero-order valence-electron chi connectivity index (χ0n) is 14.9. The summed E-state index contributed by atoms with van der Waals surface area (Å²) in [7, 11) is 0. The smallest absolute Gasteiger partial charge is 0.242 e. The van der Waals surface area contributed by atoms with Crippen molar-refractivity contribution in [1.29, 1.82) is 0 Å². The molecule has 8 heteroatoms. The van der Waals surface area contributed by atoms with Crippen LogP contribution in [0.3, 0.4) is 0 Å². The Balaban J connectivity index is 1.92. The maximum Gasteiger partial charge on any atom is 0.242 e. The molecule has 0 saturated heterocycles. The predicted octanol–water partition coefficient (Wildman–Crippen LogP) is 2.69. The fourth-order valence-electron chi connectivity index (χ4n) is 2.54. The van der Waals surface area contributed by atoms with Crippen molar-refractivity contribution < 1.29 is 9.59 Å². The van der Waals surface area contributed by atoms with Gasteiger partial charge in [-0.3, -0.25) is 9.59 Å². The number of nitroso groups, excluding NO2 is 1. The Morgan fingerprint density at radius 3 is 2.37 bits per heavy atom. The monoisotopic (exact) mass is 388 g/mol. The van der Waals surface area contributed by atoms with Gasteiger partial charge >= 0.3 is 0 Å². The van der Waals surface area contributed by atoms with Crippen molar-refractivity contribution in [2.75, 3.05) is 18.1 Å². The highest BCUT2D eigenvalue weighted by atomic mass is 35.5. The maximum atomic E-state index is 12.5. The molecule has 0 radical (unpaired) electrons. The first-order chi connectivity index (χ1) is 13.0. The largest absolute Gasteiger partial charge is 0.352 e. The molecule has 0 unspecified atom stereocenters. The van der Waals surface area contributed by atoms with E-state index in [1.165, 1.54) is 11.9 Å². The topological polar surface area (TPSA) is 90.9 Å². The molecule has 0 heterocycles. The van der Waals surface area contributed by atoms with E-state index in [-0.39, 0.29) is 24.9 Å². The molecule has 7 nitrogen and oxygen atoms in total. The Labute approximate surface area is 162 Å². The van der Waals surface area contributed by atoms with Crippen molar-refractivity contribution >= 4 is 29.1 Å². The standard InChI is InChI=1S/C19H21ClN4O3/c1-14(25)22-18(13-15-5-3-2-4-6-15)19(26)21-11-12-24(23-27)17-9-7-16(20)8-10-17/h2-10,18H,11-13H2,1H3,(H,21,26)(H,22,25)/t18-/m0/s1. The second kappa shape index (κ2) is 10.3. The van der Waals surface area contributed by atoms with Crippen molar-refractivity contribution in [1.82, 2.24) is 10.6 Å². The summed E-state index contributed by atoms with van der Waals surface area (Å²) in [4.78, 5) is 34.9. The molecule has 0 fully saturated rings. The van der Waals surface area contributed by atoms with Crippen LogP contribution in [0.4, 0.5) is 5.69 Å². The average Bonchev–Trinajstić information content (AvgIpc) is 2.66. The number of hydrogen-bond donors (Lipinski definition) is 2. The van der Waals surface area contributed by atoms with Crippen molar-refractivity contribution in [3.63, 3.8) is 0 Å². The first-order valence-electron chi connectivity index (χ1n) is 8.44. The lowest BCUT2D eigenvalue weighted by Crippen LogP contribution is -2.48. The van der Waals surface area contributed by atoms with E-state index in [1.807, 2.05) is 30.3 Å². The average molecular weight is 389 g/mol. The molecule has 2 aromatic carbocycles. The van der Waals surface area contributed by atoms with Crippen molar-refractivity contribution in [2.24, 2.45) is 5.29 Å². The summed E-state index contributed by atoms with van der Waals surface area (Å²) in [6.45, 7) is 1.75. The number of rotatable bonds is 9. The van der Waals surface area contributed by atoms with Gasteiger partial charge in [0.15, 0.2) is 0 Å². The first-order valence-corrected chi connectivity index (χ1v) is 8.82. The minimum absolute atomic E-state index is 0.189. The molecule has 2 N–H and O–H groups in total. The molecule has 0 saturated carbocycles. The van der Waals surface area contributed by atoms with E-state index in [1.54, 1.807) is 24.3 Å². The molecule has 0 aromatic heterocycles. The lowest BCUT2D eigenvalue weighted by molar-refractivity contribution is -0.128. The Hall–Kier alpha value is -2.93. The summed E-state index contributed by atoms with van der Waals surface area (Å²) >= 11 is 5.83. The summed E-state index contributed by atoms with van der Waals surface area (Å²) in [6.07, 6.45) is 0.374. The minimum atomic E-state index is -0.696. The van der Waals surface area contributed by atoms with Gasteiger partial charge in [-0.1, -0.05) is 41.9 Å². The van der Waals surface area contributed by atoms with Gasteiger partial charge in [0.1, 0.15) is 6.04 Å². The van der Waals surface area contributed by atoms with E-state index in [2.05, 4.69) is 15.9 Å². The summed E-state index contributed by atoms with van der Waals surface area (Å²) in [5, 5.41) is 10.1. The number of anilines is 1. The molecule has 142 valence electrons. The molecule has 0 bridgehead atoms. The second-order valence-corrected chi connectivity index (χ2v) is 6.35. The Morgan fingerprint density at radius 1 is 1.11 bits per heavy atom. The maximum absolute atomic E-state index is 12.5. The normalized spacial score (nSPS) is 11.3. The number of benzene rings is 2. The molecule has 27 heavy (non-hydrogen) atoms. The third-order valence-electron chi connectivity index (χ3n) is 3.82. The molecule has 0 aliphatic rings. The molecule has 0 aliphatic heterocycles. The highest BCUT2D eigenvalue weighted by molar-refractivity contribution is 6.30. The highest BCUT2D eigenvalue weighted by Gasteiger charge is 2.20. The molecule has 2 rings (SSSR count). The number of amides is 2. The number of carbonyl (C=O) groups is 2. The van der Waals surface area contributed by atoms with Crippen molar-refractivity contribution in [2.45, 2.75) is 19.4 Å². The molecular weight excluding hydrogens is 368 g/mol. The predicted molar refractivity (Wildman–Crippen MR) is 105 cm³/mol. The highest BCUT2D eigenvalue weighted by Crippen LogP contribution is 2.17.